The van der Waals surface area contributed by atoms with Crippen molar-refractivity contribution in [2.45, 2.75) is 31.7 Å². The number of benzene rings is 1. The van der Waals surface area contributed by atoms with Crippen molar-refractivity contribution >= 4 is 11.7 Å². The maximum Gasteiger partial charge on any atom is 0.317 e. The van der Waals surface area contributed by atoms with Crippen LogP contribution in [-0.4, -0.2) is 68.2 Å². The number of hydrogen-bond acceptors (Lipinski definition) is 3. The summed E-state index contributed by atoms with van der Waals surface area (Å²) < 4.78 is 0. The number of amides is 2. The maximum absolute atomic E-state index is 12.4. The summed E-state index contributed by atoms with van der Waals surface area (Å²) in [5.41, 5.74) is 1.18. The SMILES string of the molecule is CN(CCNC(=O)N1CC[C@H](N2CCCCC2)C1)c1ccccc1. The third-order valence-electron chi connectivity index (χ3n) is 5.28. The van der Waals surface area contributed by atoms with Crippen molar-refractivity contribution < 1.29 is 4.79 Å². The number of carbonyl (C=O) groups excluding carboxylic acids is 1. The lowest BCUT2D eigenvalue weighted by atomic mass is 10.1. The number of likely N-dealkylation sites (tertiary alicyclic amines) is 2. The van der Waals surface area contributed by atoms with E-state index >= 15 is 0 Å². The molecule has 0 spiro atoms. The monoisotopic (exact) mass is 330 g/mol. The van der Waals surface area contributed by atoms with Crippen molar-refractivity contribution in [2.75, 3.05) is 51.2 Å². The minimum absolute atomic E-state index is 0.0935. The van der Waals surface area contributed by atoms with Crippen molar-refractivity contribution in [3.63, 3.8) is 0 Å². The molecule has 3 rings (SSSR count). The summed E-state index contributed by atoms with van der Waals surface area (Å²) in [7, 11) is 2.06. The van der Waals surface area contributed by atoms with E-state index in [0.29, 0.717) is 12.6 Å². The fraction of sp³-hybridized carbons (Fsp3) is 0.632. The number of para-hydroxylation sites is 1. The van der Waals surface area contributed by atoms with Crippen LogP contribution in [0.2, 0.25) is 0 Å². The van der Waals surface area contributed by atoms with E-state index in [2.05, 4.69) is 34.3 Å². The summed E-state index contributed by atoms with van der Waals surface area (Å²) in [6, 6.07) is 10.9. The highest BCUT2D eigenvalue weighted by atomic mass is 16.2. The average molecular weight is 330 g/mol. The molecule has 5 heteroatoms. The molecule has 132 valence electrons. The van der Waals surface area contributed by atoms with Gasteiger partial charge >= 0.3 is 6.03 Å². The fourth-order valence-electron chi connectivity index (χ4n) is 3.76. The molecule has 0 unspecified atom stereocenters. The Morgan fingerprint density at radius 1 is 1.17 bits per heavy atom. The lowest BCUT2D eigenvalue weighted by Gasteiger charge is -2.32. The zero-order chi connectivity index (χ0) is 16.8. The van der Waals surface area contributed by atoms with Crippen LogP contribution in [0.5, 0.6) is 0 Å². The van der Waals surface area contributed by atoms with Gasteiger partial charge in [-0.05, 0) is 44.5 Å². The van der Waals surface area contributed by atoms with Gasteiger partial charge < -0.3 is 15.1 Å². The lowest BCUT2D eigenvalue weighted by molar-refractivity contribution is 0.161. The van der Waals surface area contributed by atoms with E-state index < -0.39 is 0 Å². The van der Waals surface area contributed by atoms with E-state index in [9.17, 15) is 4.79 Å². The van der Waals surface area contributed by atoms with Crippen LogP contribution in [0, 0.1) is 0 Å². The van der Waals surface area contributed by atoms with E-state index in [1.807, 2.05) is 23.1 Å². The zero-order valence-corrected chi connectivity index (χ0v) is 14.8. The van der Waals surface area contributed by atoms with Gasteiger partial charge in [0.05, 0.1) is 0 Å². The van der Waals surface area contributed by atoms with Gasteiger partial charge in [-0.25, -0.2) is 4.79 Å². The molecule has 0 bridgehead atoms. The van der Waals surface area contributed by atoms with Gasteiger partial charge in [0.1, 0.15) is 0 Å². The molecule has 2 aliphatic heterocycles. The number of hydrogen-bond donors (Lipinski definition) is 1. The highest BCUT2D eigenvalue weighted by molar-refractivity contribution is 5.74. The molecule has 0 aromatic heterocycles. The number of urea groups is 1. The van der Waals surface area contributed by atoms with Crippen LogP contribution in [0.3, 0.4) is 0 Å². The number of rotatable bonds is 5. The van der Waals surface area contributed by atoms with Gasteiger partial charge in [0, 0.05) is 45.0 Å². The van der Waals surface area contributed by atoms with Gasteiger partial charge in [-0.1, -0.05) is 24.6 Å². The molecule has 2 amide bonds. The summed E-state index contributed by atoms with van der Waals surface area (Å²) in [5.74, 6) is 0. The zero-order valence-electron chi connectivity index (χ0n) is 14.8. The summed E-state index contributed by atoms with van der Waals surface area (Å²) in [6.45, 7) is 5.69. The van der Waals surface area contributed by atoms with Crippen LogP contribution in [0.4, 0.5) is 10.5 Å². The molecule has 2 fully saturated rings. The van der Waals surface area contributed by atoms with Gasteiger partial charge in [0.2, 0.25) is 0 Å². The quantitative estimate of drug-likeness (QED) is 0.901. The number of piperidine rings is 1. The molecule has 2 heterocycles. The van der Waals surface area contributed by atoms with Crippen molar-refractivity contribution in [3.05, 3.63) is 30.3 Å². The third kappa shape index (κ3) is 4.41. The molecule has 0 saturated carbocycles. The van der Waals surface area contributed by atoms with E-state index in [1.54, 1.807) is 0 Å². The second-order valence-electron chi connectivity index (χ2n) is 6.97. The van der Waals surface area contributed by atoms with Gasteiger partial charge in [-0.15, -0.1) is 0 Å². The summed E-state index contributed by atoms with van der Waals surface area (Å²) >= 11 is 0. The first-order chi connectivity index (χ1) is 11.7. The van der Waals surface area contributed by atoms with Gasteiger partial charge in [0.15, 0.2) is 0 Å². The highest BCUT2D eigenvalue weighted by Gasteiger charge is 2.30. The molecule has 5 nitrogen and oxygen atoms in total. The van der Waals surface area contributed by atoms with E-state index in [-0.39, 0.29) is 6.03 Å². The lowest BCUT2D eigenvalue weighted by Crippen LogP contribution is -2.45. The number of anilines is 1. The number of carbonyl (C=O) groups is 1. The molecule has 2 aliphatic rings. The maximum atomic E-state index is 12.4. The Bertz CT molecular complexity index is 515. The second-order valence-corrected chi connectivity index (χ2v) is 6.97. The third-order valence-corrected chi connectivity index (χ3v) is 5.28. The fourth-order valence-corrected chi connectivity index (χ4v) is 3.76. The Hall–Kier alpha value is -1.75. The molecular weight excluding hydrogens is 300 g/mol. The van der Waals surface area contributed by atoms with Gasteiger partial charge in [0.25, 0.3) is 0 Å². The first kappa shape index (κ1) is 17.1. The molecule has 1 aromatic carbocycles. The smallest absolute Gasteiger partial charge is 0.317 e. The number of nitrogens with one attached hydrogen (secondary N) is 1. The van der Waals surface area contributed by atoms with Crippen molar-refractivity contribution in [3.8, 4) is 0 Å². The van der Waals surface area contributed by atoms with Crippen LogP contribution >= 0.6 is 0 Å². The molecule has 0 radical (unpaired) electrons. The van der Waals surface area contributed by atoms with Crippen LogP contribution in [0.25, 0.3) is 0 Å². The van der Waals surface area contributed by atoms with Crippen LogP contribution < -0.4 is 10.2 Å². The number of likely N-dealkylation sites (N-methyl/N-ethyl adjacent to an activating group) is 1. The van der Waals surface area contributed by atoms with Gasteiger partial charge in [-0.2, -0.15) is 0 Å². The van der Waals surface area contributed by atoms with Crippen LogP contribution in [0.1, 0.15) is 25.7 Å². The topological polar surface area (TPSA) is 38.8 Å². The van der Waals surface area contributed by atoms with Crippen LogP contribution in [-0.2, 0) is 0 Å². The Kier molecular flexibility index (Phi) is 5.96. The van der Waals surface area contributed by atoms with Crippen molar-refractivity contribution in [2.24, 2.45) is 0 Å². The van der Waals surface area contributed by atoms with Gasteiger partial charge in [-0.3, -0.25) is 4.90 Å². The predicted molar refractivity (Wildman–Crippen MR) is 98.5 cm³/mol. The average Bonchev–Trinajstić information content (AvgIpc) is 3.13. The van der Waals surface area contributed by atoms with Crippen molar-refractivity contribution in [1.29, 1.82) is 0 Å². The molecular formula is C19H30N4O. The molecule has 2 saturated heterocycles. The van der Waals surface area contributed by atoms with E-state index in [4.69, 9.17) is 0 Å². The minimum Gasteiger partial charge on any atom is -0.373 e. The minimum atomic E-state index is 0.0935. The first-order valence-electron chi connectivity index (χ1n) is 9.27. The molecule has 24 heavy (non-hydrogen) atoms. The highest BCUT2D eigenvalue weighted by Crippen LogP contribution is 2.20. The largest absolute Gasteiger partial charge is 0.373 e. The van der Waals surface area contributed by atoms with Crippen molar-refractivity contribution in [1.82, 2.24) is 15.1 Å². The summed E-state index contributed by atoms with van der Waals surface area (Å²) in [6.07, 6.45) is 5.11. The Balaban J connectivity index is 1.38. The normalized spacial score (nSPS) is 21.7. The first-order valence-corrected chi connectivity index (χ1v) is 9.27. The molecule has 0 aliphatic carbocycles. The Morgan fingerprint density at radius 2 is 1.92 bits per heavy atom. The Morgan fingerprint density at radius 3 is 2.67 bits per heavy atom. The standard InChI is InChI=1S/C19H30N4O/c1-21(17-8-4-2-5-9-17)15-11-20-19(24)23-14-10-18(16-23)22-12-6-3-7-13-22/h2,4-5,8-9,18H,3,6-7,10-16H2,1H3,(H,20,24)/t18-/m0/s1. The summed E-state index contributed by atoms with van der Waals surface area (Å²) in [5, 5.41) is 3.08. The van der Waals surface area contributed by atoms with E-state index in [0.717, 1.165) is 26.1 Å². The molecule has 1 N–H and O–H groups in total. The van der Waals surface area contributed by atoms with E-state index in [1.165, 1.54) is 38.0 Å². The second kappa shape index (κ2) is 8.38. The molecule has 1 aromatic rings. The Labute approximate surface area is 145 Å². The summed E-state index contributed by atoms with van der Waals surface area (Å²) in [4.78, 5) is 19.1. The van der Waals surface area contributed by atoms with Crippen LogP contribution in [0.15, 0.2) is 30.3 Å². The number of nitrogens with zero attached hydrogens (tertiary/aromatic N) is 3. The molecule has 1 atom stereocenters. The predicted octanol–water partition coefficient (Wildman–Crippen LogP) is 2.39.